The molecule has 0 atom stereocenters. The first-order chi connectivity index (χ1) is 8.57. The fourth-order valence-electron chi connectivity index (χ4n) is 2.31. The molecule has 0 spiro atoms. The van der Waals surface area contributed by atoms with Gasteiger partial charge in [-0.05, 0) is 80.7 Å². The van der Waals surface area contributed by atoms with Crippen LogP contribution in [0.1, 0.15) is 82.1 Å². The van der Waals surface area contributed by atoms with Gasteiger partial charge in [0.1, 0.15) is 0 Å². The SMILES string of the molecule is CN(C(C)(C)C)C(C)(C)CCC(C)(C)CNC(C)(C)C. The number of rotatable bonds is 6. The predicted molar refractivity (Wildman–Crippen MR) is 92.4 cm³/mol. The van der Waals surface area contributed by atoms with Crippen LogP contribution >= 0.6 is 0 Å². The maximum absolute atomic E-state index is 3.64. The van der Waals surface area contributed by atoms with Gasteiger partial charge >= 0.3 is 0 Å². The summed E-state index contributed by atoms with van der Waals surface area (Å²) in [7, 11) is 2.25. The lowest BCUT2D eigenvalue weighted by Crippen LogP contribution is -2.52. The average Bonchev–Trinajstić information content (AvgIpc) is 2.21. The molecule has 0 aliphatic rings. The largest absolute Gasteiger partial charge is 0.312 e. The summed E-state index contributed by atoms with van der Waals surface area (Å²) in [6.45, 7) is 24.1. The molecule has 0 aliphatic carbocycles. The number of hydrogen-bond donors (Lipinski definition) is 1. The molecular formula is C18H40N2. The van der Waals surface area contributed by atoms with Crippen LogP contribution in [-0.4, -0.2) is 35.1 Å². The van der Waals surface area contributed by atoms with Gasteiger partial charge in [0.25, 0.3) is 0 Å². The van der Waals surface area contributed by atoms with Crippen molar-refractivity contribution in [2.24, 2.45) is 5.41 Å². The van der Waals surface area contributed by atoms with Gasteiger partial charge in [-0.1, -0.05) is 13.8 Å². The van der Waals surface area contributed by atoms with Gasteiger partial charge in [0.2, 0.25) is 0 Å². The molecule has 122 valence electrons. The summed E-state index contributed by atoms with van der Waals surface area (Å²) in [5, 5.41) is 3.64. The van der Waals surface area contributed by atoms with E-state index < -0.39 is 0 Å². The Morgan fingerprint density at radius 2 is 1.20 bits per heavy atom. The first-order valence-corrected chi connectivity index (χ1v) is 8.06. The zero-order chi connectivity index (χ0) is 16.4. The van der Waals surface area contributed by atoms with Crippen molar-refractivity contribution in [1.29, 1.82) is 0 Å². The monoisotopic (exact) mass is 284 g/mol. The van der Waals surface area contributed by atoms with Crippen LogP contribution in [0.5, 0.6) is 0 Å². The average molecular weight is 285 g/mol. The molecule has 1 N–H and O–H groups in total. The van der Waals surface area contributed by atoms with Crippen LogP contribution < -0.4 is 5.32 Å². The van der Waals surface area contributed by atoms with Gasteiger partial charge in [-0.3, -0.25) is 4.90 Å². The summed E-state index contributed by atoms with van der Waals surface area (Å²) in [4.78, 5) is 2.51. The van der Waals surface area contributed by atoms with Crippen LogP contribution in [0.25, 0.3) is 0 Å². The lowest BCUT2D eigenvalue weighted by Gasteiger charge is -2.46. The quantitative estimate of drug-likeness (QED) is 0.761. The molecule has 2 heteroatoms. The number of nitrogens with one attached hydrogen (secondary N) is 1. The van der Waals surface area contributed by atoms with Gasteiger partial charge in [0.15, 0.2) is 0 Å². The first-order valence-electron chi connectivity index (χ1n) is 8.06. The first kappa shape index (κ1) is 19.9. The molecule has 0 bridgehead atoms. The minimum atomic E-state index is 0.203. The van der Waals surface area contributed by atoms with Crippen molar-refractivity contribution in [3.8, 4) is 0 Å². The van der Waals surface area contributed by atoms with E-state index in [1.807, 2.05) is 0 Å². The maximum Gasteiger partial charge on any atom is 0.0155 e. The minimum absolute atomic E-state index is 0.203. The highest BCUT2D eigenvalue weighted by Crippen LogP contribution is 2.32. The molecule has 0 heterocycles. The second kappa shape index (κ2) is 6.36. The lowest BCUT2D eigenvalue weighted by molar-refractivity contribution is 0.0410. The van der Waals surface area contributed by atoms with E-state index in [4.69, 9.17) is 0 Å². The minimum Gasteiger partial charge on any atom is -0.312 e. The van der Waals surface area contributed by atoms with Crippen LogP contribution in [-0.2, 0) is 0 Å². The second-order valence-electron chi connectivity index (χ2n) is 9.81. The van der Waals surface area contributed by atoms with Crippen LogP contribution in [0, 0.1) is 5.41 Å². The molecule has 0 rings (SSSR count). The molecule has 0 saturated carbocycles. The van der Waals surface area contributed by atoms with Crippen LogP contribution in [0.2, 0.25) is 0 Å². The normalized spacial score (nSPS) is 15.0. The Morgan fingerprint density at radius 1 is 0.750 bits per heavy atom. The zero-order valence-electron chi connectivity index (χ0n) is 16.1. The molecule has 0 radical (unpaired) electrons. The Labute approximate surface area is 128 Å². The van der Waals surface area contributed by atoms with E-state index >= 15 is 0 Å². The summed E-state index contributed by atoms with van der Waals surface area (Å²) in [6.07, 6.45) is 2.46. The van der Waals surface area contributed by atoms with Gasteiger partial charge in [-0.25, -0.2) is 0 Å². The zero-order valence-corrected chi connectivity index (χ0v) is 16.1. The summed E-state index contributed by atoms with van der Waals surface area (Å²) in [6, 6.07) is 0. The molecule has 0 aromatic rings. The third-order valence-electron chi connectivity index (χ3n) is 4.43. The van der Waals surface area contributed by atoms with Gasteiger partial charge in [0.05, 0.1) is 0 Å². The van der Waals surface area contributed by atoms with Crippen LogP contribution in [0.15, 0.2) is 0 Å². The summed E-state index contributed by atoms with van der Waals surface area (Å²) in [5.41, 5.74) is 0.993. The second-order valence-corrected chi connectivity index (χ2v) is 9.81. The molecule has 0 unspecified atom stereocenters. The molecule has 0 aromatic heterocycles. The molecule has 0 saturated heterocycles. The molecule has 0 amide bonds. The van der Waals surface area contributed by atoms with Gasteiger partial charge in [-0.2, -0.15) is 0 Å². The smallest absolute Gasteiger partial charge is 0.0155 e. The van der Waals surface area contributed by atoms with E-state index in [1.165, 1.54) is 12.8 Å². The molecule has 0 aliphatic heterocycles. The maximum atomic E-state index is 3.64. The molecule has 2 nitrogen and oxygen atoms in total. The van der Waals surface area contributed by atoms with Gasteiger partial charge < -0.3 is 5.32 Å². The molecule has 20 heavy (non-hydrogen) atoms. The number of hydrogen-bond acceptors (Lipinski definition) is 2. The van der Waals surface area contributed by atoms with Crippen molar-refractivity contribution in [3.63, 3.8) is 0 Å². The van der Waals surface area contributed by atoms with Crippen molar-refractivity contribution in [2.75, 3.05) is 13.6 Å². The highest BCUT2D eigenvalue weighted by atomic mass is 15.2. The Balaban J connectivity index is 4.51. The Bertz CT molecular complexity index is 290. The summed E-state index contributed by atoms with van der Waals surface area (Å²) in [5.74, 6) is 0. The van der Waals surface area contributed by atoms with Crippen molar-refractivity contribution < 1.29 is 0 Å². The Morgan fingerprint density at radius 3 is 1.55 bits per heavy atom. The molecule has 0 aromatic carbocycles. The summed E-state index contributed by atoms with van der Waals surface area (Å²) < 4.78 is 0. The Kier molecular flexibility index (Phi) is 6.33. The topological polar surface area (TPSA) is 15.3 Å². The highest BCUT2D eigenvalue weighted by Gasteiger charge is 2.33. The van der Waals surface area contributed by atoms with E-state index in [0.717, 1.165) is 6.54 Å². The third-order valence-corrected chi connectivity index (χ3v) is 4.43. The van der Waals surface area contributed by atoms with Crippen molar-refractivity contribution >= 4 is 0 Å². The molecular weight excluding hydrogens is 244 g/mol. The van der Waals surface area contributed by atoms with Crippen molar-refractivity contribution in [2.45, 2.75) is 98.7 Å². The standard InChI is InChI=1S/C18H40N2/c1-15(2,3)19-14-17(7,8)12-13-18(9,10)20(11)16(4,5)6/h19H,12-14H2,1-11H3. The van der Waals surface area contributed by atoms with E-state index in [0.29, 0.717) is 5.41 Å². The van der Waals surface area contributed by atoms with Crippen molar-refractivity contribution in [3.05, 3.63) is 0 Å². The lowest BCUT2D eigenvalue weighted by atomic mass is 9.81. The fourth-order valence-corrected chi connectivity index (χ4v) is 2.31. The van der Waals surface area contributed by atoms with E-state index in [2.05, 4.69) is 86.5 Å². The van der Waals surface area contributed by atoms with Gasteiger partial charge in [-0.15, -0.1) is 0 Å². The third kappa shape index (κ3) is 7.64. The van der Waals surface area contributed by atoms with Crippen LogP contribution in [0.4, 0.5) is 0 Å². The fraction of sp³-hybridized carbons (Fsp3) is 1.00. The Hall–Kier alpha value is -0.0800. The van der Waals surface area contributed by atoms with Crippen LogP contribution in [0.3, 0.4) is 0 Å². The van der Waals surface area contributed by atoms with E-state index in [-0.39, 0.29) is 16.6 Å². The predicted octanol–water partition coefficient (Wildman–Crippen LogP) is 4.69. The number of nitrogens with zero attached hydrogens (tertiary/aromatic N) is 1. The molecule has 0 fully saturated rings. The van der Waals surface area contributed by atoms with Gasteiger partial charge in [0, 0.05) is 23.2 Å². The van der Waals surface area contributed by atoms with Crippen molar-refractivity contribution in [1.82, 2.24) is 10.2 Å². The summed E-state index contributed by atoms with van der Waals surface area (Å²) >= 11 is 0. The van der Waals surface area contributed by atoms with E-state index in [1.54, 1.807) is 0 Å². The highest BCUT2D eigenvalue weighted by molar-refractivity contribution is 4.89. The van der Waals surface area contributed by atoms with E-state index in [9.17, 15) is 0 Å².